The summed E-state index contributed by atoms with van der Waals surface area (Å²) in [5.41, 5.74) is 7.62. The first-order valence-corrected chi connectivity index (χ1v) is 6.44. The zero-order chi connectivity index (χ0) is 14.5. The average Bonchev–Trinajstić information content (AvgIpc) is 2.45. The molecule has 0 spiro atoms. The molecule has 4 heteroatoms. The third-order valence-electron chi connectivity index (χ3n) is 3.01. The first kappa shape index (κ1) is 14.1. The molecular weight excluding hydrogens is 255 g/mol. The van der Waals surface area contributed by atoms with Crippen LogP contribution in [0.1, 0.15) is 23.6 Å². The molecule has 0 aliphatic rings. The molecule has 0 unspecified atom stereocenters. The normalized spacial score (nSPS) is 10.3. The third kappa shape index (κ3) is 3.57. The second-order valence-corrected chi connectivity index (χ2v) is 4.55. The van der Waals surface area contributed by atoms with Gasteiger partial charge in [-0.25, -0.2) is 4.39 Å². The first-order valence-electron chi connectivity index (χ1n) is 6.44. The molecule has 2 aromatic rings. The van der Waals surface area contributed by atoms with E-state index >= 15 is 0 Å². The topological polar surface area (TPSA) is 59.1 Å². The highest BCUT2D eigenvalue weighted by atomic mass is 19.1. The molecule has 0 amide bonds. The van der Waals surface area contributed by atoms with Crippen molar-refractivity contribution in [1.82, 2.24) is 0 Å². The molecule has 3 N–H and O–H groups in total. The third-order valence-corrected chi connectivity index (χ3v) is 3.01. The predicted molar refractivity (Wildman–Crippen MR) is 77.6 cm³/mol. The molecule has 3 nitrogen and oxygen atoms in total. The van der Waals surface area contributed by atoms with Crippen molar-refractivity contribution in [2.75, 3.05) is 0 Å². The number of benzene rings is 2. The molecule has 0 bridgehead atoms. The van der Waals surface area contributed by atoms with Crippen LogP contribution in [-0.4, -0.2) is 5.84 Å². The van der Waals surface area contributed by atoms with Crippen molar-refractivity contribution < 1.29 is 9.13 Å². The van der Waals surface area contributed by atoms with Crippen LogP contribution in [0.25, 0.3) is 0 Å². The number of nitrogen functional groups attached to an aromatic ring is 1. The van der Waals surface area contributed by atoms with Crippen molar-refractivity contribution in [2.45, 2.75) is 20.0 Å². The standard InChI is InChI=1S/C16H17FN2O/c1-2-11-3-5-15(6-4-11)20-10-12-7-13(16(18)19)9-14(17)8-12/h3-9H,2,10H2,1H3,(H3,18,19). The van der Waals surface area contributed by atoms with Crippen molar-refractivity contribution in [1.29, 1.82) is 5.41 Å². The lowest BCUT2D eigenvalue weighted by Crippen LogP contribution is -2.12. The molecule has 0 radical (unpaired) electrons. The maximum atomic E-state index is 13.4. The lowest BCUT2D eigenvalue weighted by molar-refractivity contribution is 0.305. The Morgan fingerprint density at radius 2 is 1.85 bits per heavy atom. The Labute approximate surface area is 117 Å². The van der Waals surface area contributed by atoms with E-state index in [0.29, 0.717) is 11.1 Å². The van der Waals surface area contributed by atoms with Gasteiger partial charge in [-0.05, 0) is 47.9 Å². The summed E-state index contributed by atoms with van der Waals surface area (Å²) < 4.78 is 19.0. The Kier molecular flexibility index (Phi) is 4.35. The summed E-state index contributed by atoms with van der Waals surface area (Å²) in [5, 5.41) is 7.34. The molecule has 20 heavy (non-hydrogen) atoms. The van der Waals surface area contributed by atoms with Crippen LogP contribution >= 0.6 is 0 Å². The molecular formula is C16H17FN2O. The van der Waals surface area contributed by atoms with Crippen LogP contribution in [0, 0.1) is 11.2 Å². The van der Waals surface area contributed by atoms with Crippen LogP contribution in [0.4, 0.5) is 4.39 Å². The summed E-state index contributed by atoms with van der Waals surface area (Å²) in [7, 11) is 0. The minimum Gasteiger partial charge on any atom is -0.489 e. The van der Waals surface area contributed by atoms with E-state index in [0.717, 1.165) is 12.2 Å². The molecule has 0 aliphatic carbocycles. The molecule has 0 aliphatic heterocycles. The average molecular weight is 272 g/mol. The zero-order valence-electron chi connectivity index (χ0n) is 11.3. The highest BCUT2D eigenvalue weighted by Gasteiger charge is 2.04. The largest absolute Gasteiger partial charge is 0.489 e. The highest BCUT2D eigenvalue weighted by Crippen LogP contribution is 2.16. The van der Waals surface area contributed by atoms with Gasteiger partial charge in [0.15, 0.2) is 0 Å². The monoisotopic (exact) mass is 272 g/mol. The Bertz CT molecular complexity index is 608. The first-order chi connectivity index (χ1) is 9.58. The van der Waals surface area contributed by atoms with Crippen molar-refractivity contribution in [3.63, 3.8) is 0 Å². The molecule has 2 aromatic carbocycles. The summed E-state index contributed by atoms with van der Waals surface area (Å²) in [4.78, 5) is 0. The van der Waals surface area contributed by atoms with Crippen molar-refractivity contribution >= 4 is 5.84 Å². The summed E-state index contributed by atoms with van der Waals surface area (Å²) in [5.74, 6) is 0.159. The fraction of sp³-hybridized carbons (Fsp3) is 0.188. The minimum absolute atomic E-state index is 0.155. The van der Waals surface area contributed by atoms with Gasteiger partial charge in [0, 0.05) is 5.56 Å². The summed E-state index contributed by atoms with van der Waals surface area (Å²) in [6.45, 7) is 2.33. The van der Waals surface area contributed by atoms with Crippen LogP contribution in [0.2, 0.25) is 0 Å². The molecule has 2 rings (SSSR count). The van der Waals surface area contributed by atoms with Gasteiger partial charge in [-0.3, -0.25) is 5.41 Å². The second kappa shape index (κ2) is 6.19. The van der Waals surface area contributed by atoms with E-state index < -0.39 is 5.82 Å². The van der Waals surface area contributed by atoms with E-state index in [2.05, 4.69) is 6.92 Å². The van der Waals surface area contributed by atoms with Crippen LogP contribution in [0.15, 0.2) is 42.5 Å². The Morgan fingerprint density at radius 1 is 1.15 bits per heavy atom. The van der Waals surface area contributed by atoms with E-state index in [1.54, 1.807) is 6.07 Å². The van der Waals surface area contributed by atoms with Gasteiger partial charge in [-0.1, -0.05) is 19.1 Å². The molecule has 0 atom stereocenters. The molecule has 0 fully saturated rings. The lowest BCUT2D eigenvalue weighted by Gasteiger charge is -2.08. The summed E-state index contributed by atoms with van der Waals surface area (Å²) >= 11 is 0. The number of amidine groups is 1. The lowest BCUT2D eigenvalue weighted by atomic mass is 10.1. The number of hydrogen-bond donors (Lipinski definition) is 2. The van der Waals surface area contributed by atoms with E-state index in [1.807, 2.05) is 24.3 Å². The van der Waals surface area contributed by atoms with Gasteiger partial charge in [0.2, 0.25) is 0 Å². The Morgan fingerprint density at radius 3 is 2.45 bits per heavy atom. The Balaban J connectivity index is 2.08. The number of ether oxygens (including phenoxy) is 1. The van der Waals surface area contributed by atoms with Gasteiger partial charge in [0.1, 0.15) is 24.0 Å². The fourth-order valence-electron chi connectivity index (χ4n) is 1.88. The fourth-order valence-corrected chi connectivity index (χ4v) is 1.88. The summed E-state index contributed by atoms with van der Waals surface area (Å²) in [6, 6.07) is 12.1. The molecule has 0 aromatic heterocycles. The van der Waals surface area contributed by atoms with Crippen LogP contribution in [0.5, 0.6) is 5.75 Å². The second-order valence-electron chi connectivity index (χ2n) is 4.55. The zero-order valence-corrected chi connectivity index (χ0v) is 11.3. The van der Waals surface area contributed by atoms with Crippen LogP contribution < -0.4 is 10.5 Å². The molecule has 104 valence electrons. The van der Waals surface area contributed by atoms with E-state index in [1.165, 1.54) is 17.7 Å². The smallest absolute Gasteiger partial charge is 0.124 e. The number of nitrogens with two attached hydrogens (primary N) is 1. The van der Waals surface area contributed by atoms with Gasteiger partial charge < -0.3 is 10.5 Å². The maximum Gasteiger partial charge on any atom is 0.124 e. The van der Waals surface area contributed by atoms with Crippen LogP contribution in [-0.2, 0) is 13.0 Å². The van der Waals surface area contributed by atoms with Crippen molar-refractivity contribution in [2.24, 2.45) is 5.73 Å². The minimum atomic E-state index is -0.419. The van der Waals surface area contributed by atoms with Gasteiger partial charge in [0.25, 0.3) is 0 Å². The number of halogens is 1. The number of rotatable bonds is 5. The van der Waals surface area contributed by atoms with Crippen molar-refractivity contribution in [3.8, 4) is 5.75 Å². The van der Waals surface area contributed by atoms with E-state index in [-0.39, 0.29) is 12.4 Å². The number of nitrogens with one attached hydrogen (secondary N) is 1. The maximum absolute atomic E-state index is 13.4. The van der Waals surface area contributed by atoms with E-state index in [4.69, 9.17) is 15.9 Å². The predicted octanol–water partition coefficient (Wildman–Crippen LogP) is 3.25. The molecule has 0 heterocycles. The van der Waals surface area contributed by atoms with Gasteiger partial charge in [0.05, 0.1) is 0 Å². The van der Waals surface area contributed by atoms with Gasteiger partial charge in [-0.2, -0.15) is 0 Å². The Hall–Kier alpha value is -2.36. The quantitative estimate of drug-likeness (QED) is 0.648. The van der Waals surface area contributed by atoms with Gasteiger partial charge >= 0.3 is 0 Å². The SMILES string of the molecule is CCc1ccc(OCc2cc(F)cc(C(=N)N)c2)cc1. The van der Waals surface area contributed by atoms with E-state index in [9.17, 15) is 4.39 Å². The van der Waals surface area contributed by atoms with Gasteiger partial charge in [-0.15, -0.1) is 0 Å². The number of hydrogen-bond acceptors (Lipinski definition) is 2. The number of aryl methyl sites for hydroxylation is 1. The molecule has 0 saturated carbocycles. The summed E-state index contributed by atoms with van der Waals surface area (Å²) in [6.07, 6.45) is 0.978. The van der Waals surface area contributed by atoms with Crippen LogP contribution in [0.3, 0.4) is 0 Å². The van der Waals surface area contributed by atoms with Crippen molar-refractivity contribution in [3.05, 3.63) is 65.0 Å². The highest BCUT2D eigenvalue weighted by molar-refractivity contribution is 5.95. The molecule has 0 saturated heterocycles.